The van der Waals surface area contributed by atoms with Crippen LogP contribution in [0, 0.1) is 0 Å². The first kappa shape index (κ1) is 15.9. The Morgan fingerprint density at radius 2 is 1.90 bits per heavy atom. The van der Waals surface area contributed by atoms with Crippen molar-refractivity contribution in [1.29, 1.82) is 0 Å². The van der Waals surface area contributed by atoms with Gasteiger partial charge in [0.25, 0.3) is 0 Å². The fourth-order valence-electron chi connectivity index (χ4n) is 2.99. The third-order valence-electron chi connectivity index (χ3n) is 3.73. The van der Waals surface area contributed by atoms with Crippen LogP contribution in [0.2, 0.25) is 0 Å². The van der Waals surface area contributed by atoms with Gasteiger partial charge in [0, 0.05) is 12.8 Å². The van der Waals surface area contributed by atoms with Crippen LogP contribution < -0.4 is 4.74 Å². The van der Waals surface area contributed by atoms with E-state index in [1.165, 1.54) is 18.9 Å². The molecular formula is C18H26O3. The highest BCUT2D eigenvalue weighted by Crippen LogP contribution is 2.36. The van der Waals surface area contributed by atoms with Crippen LogP contribution in [0.25, 0.3) is 0 Å². The Kier molecular flexibility index (Phi) is 4.92. The molecule has 3 heteroatoms. The second kappa shape index (κ2) is 6.50. The molecule has 116 valence electrons. The van der Waals surface area contributed by atoms with E-state index in [0.717, 1.165) is 25.0 Å². The van der Waals surface area contributed by atoms with Gasteiger partial charge >= 0.3 is 5.97 Å². The minimum absolute atomic E-state index is 0.00105. The average molecular weight is 290 g/mol. The summed E-state index contributed by atoms with van der Waals surface area (Å²) in [6, 6.07) is 8.22. The van der Waals surface area contributed by atoms with Gasteiger partial charge in [-0.1, -0.05) is 18.6 Å². The van der Waals surface area contributed by atoms with Crippen LogP contribution in [0.3, 0.4) is 0 Å². The minimum atomic E-state index is -0.208. The Balaban J connectivity index is 2.18. The highest BCUT2D eigenvalue weighted by Gasteiger charge is 2.29. The van der Waals surface area contributed by atoms with Gasteiger partial charge in [-0.15, -0.1) is 0 Å². The molecule has 0 unspecified atom stereocenters. The molecule has 0 saturated heterocycles. The van der Waals surface area contributed by atoms with Crippen molar-refractivity contribution < 1.29 is 14.3 Å². The molecule has 0 aromatic heterocycles. The van der Waals surface area contributed by atoms with Crippen molar-refractivity contribution >= 4 is 5.97 Å². The molecule has 0 N–H and O–H groups in total. The number of hydrogen-bond donors (Lipinski definition) is 0. The third kappa shape index (κ3) is 4.76. The summed E-state index contributed by atoms with van der Waals surface area (Å²) in [6.07, 6.45) is 4.34. The first-order valence-corrected chi connectivity index (χ1v) is 7.81. The van der Waals surface area contributed by atoms with E-state index in [0.29, 0.717) is 0 Å². The molecule has 0 spiro atoms. The van der Waals surface area contributed by atoms with Crippen LogP contribution in [0.4, 0.5) is 0 Å². The van der Waals surface area contributed by atoms with Crippen LogP contribution in [0.1, 0.15) is 64.9 Å². The lowest BCUT2D eigenvalue weighted by molar-refractivity contribution is -0.148. The van der Waals surface area contributed by atoms with Crippen molar-refractivity contribution in [3.8, 4) is 5.75 Å². The molecule has 3 nitrogen and oxygen atoms in total. The van der Waals surface area contributed by atoms with E-state index in [1.807, 2.05) is 32.9 Å². The lowest BCUT2D eigenvalue weighted by atomic mass is 9.81. The molecule has 0 radical (unpaired) electrons. The fraction of sp³-hybridized carbons (Fsp3) is 0.611. The number of hydrogen-bond acceptors (Lipinski definition) is 3. The molecule has 0 amide bonds. The average Bonchev–Trinajstić information content (AvgIpc) is 2.37. The zero-order valence-electron chi connectivity index (χ0n) is 13.5. The van der Waals surface area contributed by atoms with E-state index < -0.39 is 0 Å². The Morgan fingerprint density at radius 3 is 2.57 bits per heavy atom. The number of benzene rings is 1. The fourth-order valence-corrected chi connectivity index (χ4v) is 2.99. The largest absolute Gasteiger partial charge is 0.488 e. The summed E-state index contributed by atoms with van der Waals surface area (Å²) < 4.78 is 11.5. The van der Waals surface area contributed by atoms with Crippen LogP contribution in [0.15, 0.2) is 24.3 Å². The summed E-state index contributed by atoms with van der Waals surface area (Å²) in [6.45, 7) is 7.62. The predicted octanol–water partition coefficient (Wildman–Crippen LogP) is 4.45. The van der Waals surface area contributed by atoms with Crippen molar-refractivity contribution in [3.05, 3.63) is 29.8 Å². The van der Waals surface area contributed by atoms with Crippen LogP contribution in [-0.4, -0.2) is 17.7 Å². The van der Waals surface area contributed by atoms with Crippen LogP contribution >= 0.6 is 0 Å². The van der Waals surface area contributed by atoms with Gasteiger partial charge in [-0.2, -0.15) is 0 Å². The summed E-state index contributed by atoms with van der Waals surface area (Å²) in [7, 11) is 0. The van der Waals surface area contributed by atoms with Crippen LogP contribution in [-0.2, 0) is 9.53 Å². The topological polar surface area (TPSA) is 35.5 Å². The Labute approximate surface area is 127 Å². The van der Waals surface area contributed by atoms with Crippen molar-refractivity contribution in [1.82, 2.24) is 0 Å². The maximum Gasteiger partial charge on any atom is 0.302 e. The molecule has 1 aliphatic rings. The first-order valence-electron chi connectivity index (χ1n) is 7.81. The number of carbonyl (C=O) groups excluding carboxylic acids is 1. The summed E-state index contributed by atoms with van der Waals surface area (Å²) in [5.41, 5.74) is 1.00. The van der Waals surface area contributed by atoms with Crippen molar-refractivity contribution in [2.45, 2.75) is 71.0 Å². The quantitative estimate of drug-likeness (QED) is 0.771. The molecule has 1 aromatic carbocycles. The summed E-state index contributed by atoms with van der Waals surface area (Å²) in [5, 5.41) is 0. The van der Waals surface area contributed by atoms with Gasteiger partial charge in [0.1, 0.15) is 17.5 Å². The maximum atomic E-state index is 11.3. The highest BCUT2D eigenvalue weighted by atomic mass is 16.5. The summed E-state index contributed by atoms with van der Waals surface area (Å²) >= 11 is 0. The molecule has 1 aliphatic carbocycles. The molecule has 2 rings (SSSR count). The maximum absolute atomic E-state index is 11.3. The Bertz CT molecular complexity index is 487. The molecule has 0 heterocycles. The molecule has 1 saturated carbocycles. The predicted molar refractivity (Wildman–Crippen MR) is 83.6 cm³/mol. The number of ether oxygens (including phenoxy) is 2. The van der Waals surface area contributed by atoms with Gasteiger partial charge in [-0.05, 0) is 57.7 Å². The van der Waals surface area contributed by atoms with E-state index in [4.69, 9.17) is 9.47 Å². The van der Waals surface area contributed by atoms with Crippen molar-refractivity contribution in [3.63, 3.8) is 0 Å². The molecule has 0 aliphatic heterocycles. The van der Waals surface area contributed by atoms with E-state index in [2.05, 4.69) is 12.1 Å². The van der Waals surface area contributed by atoms with Crippen molar-refractivity contribution in [2.75, 3.05) is 0 Å². The number of esters is 1. The molecule has 2 atom stereocenters. The third-order valence-corrected chi connectivity index (χ3v) is 3.73. The van der Waals surface area contributed by atoms with Gasteiger partial charge in [0.15, 0.2) is 0 Å². The van der Waals surface area contributed by atoms with Gasteiger partial charge in [-0.3, -0.25) is 4.79 Å². The second-order valence-corrected chi connectivity index (χ2v) is 6.83. The van der Waals surface area contributed by atoms with E-state index in [1.54, 1.807) is 0 Å². The Hall–Kier alpha value is -1.51. The van der Waals surface area contributed by atoms with E-state index in [-0.39, 0.29) is 23.6 Å². The molecular weight excluding hydrogens is 264 g/mol. The molecule has 21 heavy (non-hydrogen) atoms. The van der Waals surface area contributed by atoms with Gasteiger partial charge < -0.3 is 9.47 Å². The molecule has 1 fully saturated rings. The Morgan fingerprint density at radius 1 is 1.19 bits per heavy atom. The molecule has 0 bridgehead atoms. The number of rotatable bonds is 3. The van der Waals surface area contributed by atoms with Crippen LogP contribution in [0.5, 0.6) is 5.75 Å². The van der Waals surface area contributed by atoms with Gasteiger partial charge in [-0.25, -0.2) is 0 Å². The SMILES string of the molecule is CC(=O)O[C@H]1CCCC[C@@H]1c1cccc(OC(C)(C)C)c1. The van der Waals surface area contributed by atoms with E-state index >= 15 is 0 Å². The summed E-state index contributed by atoms with van der Waals surface area (Å²) in [5.74, 6) is 0.979. The first-order chi connectivity index (χ1) is 9.85. The summed E-state index contributed by atoms with van der Waals surface area (Å²) in [4.78, 5) is 11.3. The smallest absolute Gasteiger partial charge is 0.302 e. The van der Waals surface area contributed by atoms with Gasteiger partial charge in [0.05, 0.1) is 0 Å². The monoisotopic (exact) mass is 290 g/mol. The van der Waals surface area contributed by atoms with Crippen molar-refractivity contribution in [2.24, 2.45) is 0 Å². The zero-order valence-corrected chi connectivity index (χ0v) is 13.5. The number of carbonyl (C=O) groups is 1. The standard InChI is InChI=1S/C18H26O3/c1-13(19)20-17-11-6-5-10-16(17)14-8-7-9-15(12-14)21-18(2,3)4/h7-9,12,16-17H,5-6,10-11H2,1-4H3/t16-,17+/m1/s1. The lowest BCUT2D eigenvalue weighted by Gasteiger charge is -2.31. The minimum Gasteiger partial charge on any atom is -0.488 e. The molecule has 1 aromatic rings. The highest BCUT2D eigenvalue weighted by molar-refractivity contribution is 5.66. The second-order valence-electron chi connectivity index (χ2n) is 6.83. The van der Waals surface area contributed by atoms with E-state index in [9.17, 15) is 4.79 Å². The van der Waals surface area contributed by atoms with Gasteiger partial charge in [0.2, 0.25) is 0 Å². The lowest BCUT2D eigenvalue weighted by Crippen LogP contribution is -2.28. The normalized spacial score (nSPS) is 22.7. The zero-order chi connectivity index (χ0) is 15.5.